The Balaban J connectivity index is 0.000000178. The lowest BCUT2D eigenvalue weighted by Gasteiger charge is -2.27. The number of nitrogens with zero attached hydrogens (tertiary/aromatic N) is 3. The molecule has 0 bridgehead atoms. The van der Waals surface area contributed by atoms with Crippen LogP contribution in [0.1, 0.15) is 48.9 Å². The van der Waals surface area contributed by atoms with E-state index in [1.807, 2.05) is 0 Å². The van der Waals surface area contributed by atoms with Crippen LogP contribution < -0.4 is 21.6 Å². The minimum absolute atomic E-state index is 0. The number of imide groups is 1. The Morgan fingerprint density at radius 2 is 1.04 bits per heavy atom. The summed E-state index contributed by atoms with van der Waals surface area (Å²) in [5, 5.41) is 59.7. The van der Waals surface area contributed by atoms with E-state index >= 15 is 0 Å². The van der Waals surface area contributed by atoms with Crippen LogP contribution in [0.15, 0.2) is 109 Å². The molecule has 0 aromatic heterocycles. The highest BCUT2D eigenvalue weighted by molar-refractivity contribution is 6.59. The number of nitrogens with two attached hydrogens (primary N) is 1. The van der Waals surface area contributed by atoms with Crippen molar-refractivity contribution >= 4 is 93.2 Å². The largest absolute Gasteiger partial charge is 0.488 e. The maximum atomic E-state index is 13.0. The minimum atomic E-state index is -1.77. The first kappa shape index (κ1) is 39.9. The molecule has 17 nitrogen and oxygen atoms in total. The molecule has 0 atom stereocenters. The molecule has 2 amide bonds. The highest BCUT2D eigenvalue weighted by Gasteiger charge is 2.36. The number of cyclic esters (lactones) is 2. The number of non-ortho nitro benzene ring substituents is 2. The van der Waals surface area contributed by atoms with Gasteiger partial charge in [-0.05, 0) is 58.1 Å². The smallest absolute Gasteiger partial charge is 0.423 e. The number of nitro benzene ring substituents is 2. The van der Waals surface area contributed by atoms with Crippen molar-refractivity contribution in [2.24, 2.45) is 0 Å². The van der Waals surface area contributed by atoms with Crippen LogP contribution in [0, 0.1) is 20.2 Å². The number of hydrogen-bond acceptors (Lipinski definition) is 14. The van der Waals surface area contributed by atoms with Crippen molar-refractivity contribution in [3.8, 4) is 0 Å². The van der Waals surface area contributed by atoms with E-state index in [1.54, 1.807) is 48.5 Å². The van der Waals surface area contributed by atoms with Crippen LogP contribution in [0.3, 0.4) is 0 Å². The standard InChI is InChI=1S/C18H11BN2O6.C12H5NO5.C6H8BNO2.CH4/c22-17-14-6-1-3-10-7-13(21(26)27)9-15(16(10)14)18(23)20(17)12-5-2-4-11(8-12)19(24)25;14-11-8-3-1-2-6-4-7(13(16)17)5-9(10(6)8)12(15)18-11;8-6-3-1-2-5(4-6)7(9)10;/h1-9,24-25H;1-5H;1-4,9-10H,8H2;1H4. The molecule has 2 heterocycles. The fourth-order valence-electron chi connectivity index (χ4n) is 6.02. The van der Waals surface area contributed by atoms with Crippen LogP contribution in [0.2, 0.25) is 0 Å². The number of anilines is 2. The molecule has 6 aromatic carbocycles. The number of amides is 2. The number of hydrogen-bond donors (Lipinski definition) is 5. The Kier molecular flexibility index (Phi) is 11.4. The molecule has 0 fully saturated rings. The Labute approximate surface area is 316 Å². The van der Waals surface area contributed by atoms with Gasteiger partial charge in [0.15, 0.2) is 0 Å². The molecule has 0 saturated carbocycles. The van der Waals surface area contributed by atoms with Crippen LogP contribution in [-0.2, 0) is 4.74 Å². The van der Waals surface area contributed by atoms with E-state index in [0.717, 1.165) is 17.0 Å². The third-order valence-electron chi connectivity index (χ3n) is 8.47. The molecular formula is C37H28B2N4O13. The summed E-state index contributed by atoms with van der Waals surface area (Å²) in [6.07, 6.45) is 0. The topological polar surface area (TPSA) is 274 Å². The summed E-state index contributed by atoms with van der Waals surface area (Å²) in [5.74, 6) is -2.88. The van der Waals surface area contributed by atoms with Gasteiger partial charge < -0.3 is 30.6 Å². The molecule has 2 aliphatic heterocycles. The number of nitrogen functional groups attached to an aromatic ring is 1. The molecule has 2 aliphatic rings. The van der Waals surface area contributed by atoms with Crippen molar-refractivity contribution in [1.82, 2.24) is 0 Å². The molecule has 8 rings (SSSR count). The third kappa shape index (κ3) is 7.68. The van der Waals surface area contributed by atoms with E-state index in [-0.39, 0.29) is 52.2 Å². The maximum Gasteiger partial charge on any atom is 0.488 e. The zero-order valence-corrected chi connectivity index (χ0v) is 27.9. The lowest BCUT2D eigenvalue weighted by atomic mass is 9.80. The fourth-order valence-corrected chi connectivity index (χ4v) is 6.02. The van der Waals surface area contributed by atoms with E-state index in [9.17, 15) is 49.5 Å². The van der Waals surface area contributed by atoms with Gasteiger partial charge in [0, 0.05) is 46.3 Å². The predicted octanol–water partition coefficient (Wildman–Crippen LogP) is 2.87. The average Bonchev–Trinajstić information content (AvgIpc) is 3.16. The Bertz CT molecular complexity index is 2620. The van der Waals surface area contributed by atoms with Gasteiger partial charge in [-0.25, -0.2) is 14.5 Å². The molecule has 6 aromatic rings. The van der Waals surface area contributed by atoms with Crippen molar-refractivity contribution in [3.05, 3.63) is 152 Å². The average molecular weight is 758 g/mol. The zero-order valence-electron chi connectivity index (χ0n) is 27.9. The number of esters is 2. The summed E-state index contributed by atoms with van der Waals surface area (Å²) in [4.78, 5) is 70.8. The molecule has 0 radical (unpaired) electrons. The van der Waals surface area contributed by atoms with Gasteiger partial charge >= 0.3 is 26.2 Å². The molecule has 19 heteroatoms. The highest BCUT2D eigenvalue weighted by Crippen LogP contribution is 2.36. The van der Waals surface area contributed by atoms with Gasteiger partial charge in [0.25, 0.3) is 23.2 Å². The lowest BCUT2D eigenvalue weighted by molar-refractivity contribution is -0.384. The molecule has 0 aliphatic carbocycles. The number of nitro groups is 2. The fraction of sp³-hybridized carbons (Fsp3) is 0.0270. The minimum Gasteiger partial charge on any atom is -0.423 e. The van der Waals surface area contributed by atoms with Crippen LogP contribution >= 0.6 is 0 Å². The number of carbonyl (C=O) groups excluding carboxylic acids is 4. The summed E-state index contributed by atoms with van der Waals surface area (Å²) < 4.78 is 4.54. The Morgan fingerprint density at radius 3 is 1.57 bits per heavy atom. The third-order valence-corrected chi connectivity index (χ3v) is 8.47. The monoisotopic (exact) mass is 758 g/mol. The van der Waals surface area contributed by atoms with E-state index in [0.29, 0.717) is 32.7 Å². The zero-order chi connectivity index (χ0) is 39.7. The van der Waals surface area contributed by atoms with Crippen LogP contribution in [0.5, 0.6) is 0 Å². The van der Waals surface area contributed by atoms with Crippen molar-refractivity contribution in [3.63, 3.8) is 0 Å². The van der Waals surface area contributed by atoms with Crippen molar-refractivity contribution in [1.29, 1.82) is 0 Å². The van der Waals surface area contributed by atoms with E-state index < -0.39 is 47.8 Å². The summed E-state index contributed by atoms with van der Waals surface area (Å²) in [6, 6.07) is 26.6. The Hall–Kier alpha value is -7.31. The maximum absolute atomic E-state index is 13.0. The Morgan fingerprint density at radius 1 is 0.571 bits per heavy atom. The second-order valence-corrected chi connectivity index (χ2v) is 11.9. The van der Waals surface area contributed by atoms with Crippen LogP contribution in [0.25, 0.3) is 21.5 Å². The molecule has 0 spiro atoms. The van der Waals surface area contributed by atoms with Gasteiger partial charge in [0.05, 0.1) is 32.2 Å². The highest BCUT2D eigenvalue weighted by atomic mass is 16.6. The van der Waals surface area contributed by atoms with E-state index in [1.165, 1.54) is 48.5 Å². The molecule has 6 N–H and O–H groups in total. The van der Waals surface area contributed by atoms with Gasteiger partial charge in [-0.1, -0.05) is 56.0 Å². The first-order valence-electron chi connectivity index (χ1n) is 15.9. The molecule has 0 saturated heterocycles. The van der Waals surface area contributed by atoms with Crippen molar-refractivity contribution in [2.75, 3.05) is 10.6 Å². The number of benzene rings is 6. The molecule has 0 unspecified atom stereocenters. The summed E-state index contributed by atoms with van der Waals surface area (Å²) in [7, 11) is -3.19. The number of ether oxygens (including phenoxy) is 1. The van der Waals surface area contributed by atoms with Gasteiger partial charge in [-0.3, -0.25) is 29.8 Å². The van der Waals surface area contributed by atoms with Gasteiger partial charge in [0.2, 0.25) is 0 Å². The van der Waals surface area contributed by atoms with Crippen LogP contribution in [0.4, 0.5) is 22.7 Å². The van der Waals surface area contributed by atoms with Crippen molar-refractivity contribution in [2.45, 2.75) is 7.43 Å². The predicted molar refractivity (Wildman–Crippen MR) is 206 cm³/mol. The first-order chi connectivity index (χ1) is 26.2. The summed E-state index contributed by atoms with van der Waals surface area (Å²) >= 11 is 0. The van der Waals surface area contributed by atoms with Crippen LogP contribution in [-0.4, -0.2) is 67.9 Å². The quantitative estimate of drug-likeness (QED) is 0.0322. The molecular weight excluding hydrogens is 730 g/mol. The summed E-state index contributed by atoms with van der Waals surface area (Å²) in [5.41, 5.74) is 6.70. The molecule has 56 heavy (non-hydrogen) atoms. The van der Waals surface area contributed by atoms with Gasteiger partial charge in [-0.2, -0.15) is 0 Å². The first-order valence-corrected chi connectivity index (χ1v) is 15.9. The van der Waals surface area contributed by atoms with E-state index in [4.69, 9.17) is 15.8 Å². The van der Waals surface area contributed by atoms with Gasteiger partial charge in [-0.15, -0.1) is 0 Å². The van der Waals surface area contributed by atoms with E-state index in [2.05, 4.69) is 4.74 Å². The normalized spacial score (nSPS) is 12.4. The second kappa shape index (κ2) is 16.0. The van der Waals surface area contributed by atoms with Crippen molar-refractivity contribution < 1.29 is 53.9 Å². The second-order valence-electron chi connectivity index (χ2n) is 11.9. The molecule has 280 valence electrons. The summed E-state index contributed by atoms with van der Waals surface area (Å²) in [6.45, 7) is 0. The lowest BCUT2D eigenvalue weighted by Crippen LogP contribution is -2.41. The van der Waals surface area contributed by atoms with Gasteiger partial charge in [0.1, 0.15) is 0 Å². The number of rotatable bonds is 5. The number of carbonyl (C=O) groups is 4. The SMILES string of the molecule is C.Nc1cccc(B(O)O)c1.O=C1OC(=O)c2cc([N+](=O)[O-])cc3cccc1c23.O=C1c2cccc3cc([N+](=O)[O-])cc(c23)C(=O)N1c1cccc(B(O)O)c1.